The molecule has 1 amide bonds. The predicted octanol–water partition coefficient (Wildman–Crippen LogP) is 2.61. The monoisotopic (exact) mass is 370 g/mol. The van der Waals surface area contributed by atoms with Gasteiger partial charge in [-0.3, -0.25) is 4.79 Å². The van der Waals surface area contributed by atoms with E-state index in [9.17, 15) is 4.79 Å². The molecule has 2 N–H and O–H groups in total. The number of carbonyl (C=O) groups excluding carboxylic acids is 1. The third-order valence-corrected chi connectivity index (χ3v) is 4.25. The van der Waals surface area contributed by atoms with E-state index in [-0.39, 0.29) is 11.9 Å². The van der Waals surface area contributed by atoms with E-state index in [0.717, 1.165) is 35.8 Å². The van der Waals surface area contributed by atoms with Gasteiger partial charge in [0.1, 0.15) is 0 Å². The highest BCUT2D eigenvalue weighted by atomic mass is 79.9. The van der Waals surface area contributed by atoms with Crippen LogP contribution in [-0.2, 0) is 11.3 Å². The molecule has 0 aliphatic carbocycles. The number of benzene rings is 1. The van der Waals surface area contributed by atoms with Crippen molar-refractivity contribution in [3.8, 4) is 11.5 Å². The van der Waals surface area contributed by atoms with Gasteiger partial charge in [-0.25, -0.2) is 0 Å². The number of nitrogens with one attached hydrogen (secondary N) is 2. The minimum Gasteiger partial charge on any atom is -0.493 e. The van der Waals surface area contributed by atoms with Crippen LogP contribution in [0.25, 0.3) is 0 Å². The lowest BCUT2D eigenvalue weighted by atomic mass is 10.1. The number of methoxy groups -OCH3 is 1. The summed E-state index contributed by atoms with van der Waals surface area (Å²) in [5.41, 5.74) is 1.05. The minimum atomic E-state index is -0.126. The number of ether oxygens (including phenoxy) is 2. The molecule has 1 aliphatic rings. The molecule has 0 saturated carbocycles. The zero-order valence-corrected chi connectivity index (χ0v) is 14.7. The molecule has 2 rings (SSSR count). The van der Waals surface area contributed by atoms with Crippen molar-refractivity contribution < 1.29 is 14.3 Å². The first-order chi connectivity index (χ1) is 10.7. The van der Waals surface area contributed by atoms with Crippen molar-refractivity contribution in [3.05, 3.63) is 22.2 Å². The maximum absolute atomic E-state index is 11.9. The summed E-state index contributed by atoms with van der Waals surface area (Å²) in [6.07, 6.45) is 2.99. The van der Waals surface area contributed by atoms with E-state index in [1.807, 2.05) is 19.1 Å². The summed E-state index contributed by atoms with van der Waals surface area (Å²) >= 11 is 3.52. The second-order valence-electron chi connectivity index (χ2n) is 5.26. The molecule has 0 spiro atoms. The zero-order valence-electron chi connectivity index (χ0n) is 13.1. The maximum Gasteiger partial charge on any atom is 0.237 e. The van der Waals surface area contributed by atoms with Gasteiger partial charge in [-0.15, -0.1) is 0 Å². The molecule has 22 heavy (non-hydrogen) atoms. The average molecular weight is 371 g/mol. The molecule has 0 radical (unpaired) electrons. The molecule has 122 valence electrons. The summed E-state index contributed by atoms with van der Waals surface area (Å²) in [5, 5.41) is 6.26. The van der Waals surface area contributed by atoms with E-state index < -0.39 is 0 Å². The molecule has 6 heteroatoms. The van der Waals surface area contributed by atoms with Crippen molar-refractivity contribution in [2.45, 2.75) is 38.8 Å². The van der Waals surface area contributed by atoms with Gasteiger partial charge >= 0.3 is 0 Å². The lowest BCUT2D eigenvalue weighted by Crippen LogP contribution is -2.42. The van der Waals surface area contributed by atoms with Crippen molar-refractivity contribution in [2.75, 3.05) is 20.3 Å². The molecule has 1 aromatic carbocycles. The number of carbonyl (C=O) groups is 1. The number of hydrogen-bond acceptors (Lipinski definition) is 4. The van der Waals surface area contributed by atoms with Gasteiger partial charge in [-0.1, -0.05) is 0 Å². The molecule has 5 nitrogen and oxygen atoms in total. The summed E-state index contributed by atoms with van der Waals surface area (Å²) in [6.45, 7) is 3.90. The topological polar surface area (TPSA) is 59.6 Å². The van der Waals surface area contributed by atoms with Crippen molar-refractivity contribution in [3.63, 3.8) is 0 Å². The smallest absolute Gasteiger partial charge is 0.237 e. The van der Waals surface area contributed by atoms with Gasteiger partial charge in [0, 0.05) is 13.1 Å². The van der Waals surface area contributed by atoms with E-state index in [2.05, 4.69) is 26.6 Å². The second-order valence-corrected chi connectivity index (χ2v) is 6.12. The lowest BCUT2D eigenvalue weighted by molar-refractivity contribution is -0.122. The molecule has 1 aromatic rings. The number of rotatable bonds is 6. The van der Waals surface area contributed by atoms with Gasteiger partial charge < -0.3 is 20.1 Å². The van der Waals surface area contributed by atoms with Crippen LogP contribution in [0, 0.1) is 0 Å². The number of halogens is 1. The normalized spacial score (nSPS) is 18.5. The highest BCUT2D eigenvalue weighted by molar-refractivity contribution is 9.10. The molecule has 1 unspecified atom stereocenters. The highest BCUT2D eigenvalue weighted by Crippen LogP contribution is 2.36. The Kier molecular flexibility index (Phi) is 6.51. The van der Waals surface area contributed by atoms with E-state index in [1.54, 1.807) is 7.11 Å². The first-order valence-electron chi connectivity index (χ1n) is 7.66. The van der Waals surface area contributed by atoms with Crippen molar-refractivity contribution in [1.29, 1.82) is 0 Å². The van der Waals surface area contributed by atoms with E-state index in [4.69, 9.17) is 9.47 Å². The molecular weight excluding hydrogens is 348 g/mol. The van der Waals surface area contributed by atoms with Crippen LogP contribution in [0.15, 0.2) is 16.6 Å². The fourth-order valence-electron chi connectivity index (χ4n) is 2.53. The summed E-state index contributed by atoms with van der Waals surface area (Å²) in [4.78, 5) is 11.9. The van der Waals surface area contributed by atoms with Crippen LogP contribution in [0.5, 0.6) is 11.5 Å². The van der Waals surface area contributed by atoms with Crippen LogP contribution in [0.3, 0.4) is 0 Å². The fourth-order valence-corrected chi connectivity index (χ4v) is 3.14. The predicted molar refractivity (Wildman–Crippen MR) is 89.4 cm³/mol. The third kappa shape index (κ3) is 4.36. The van der Waals surface area contributed by atoms with E-state index >= 15 is 0 Å². The second kappa shape index (κ2) is 8.39. The fraction of sp³-hybridized carbons (Fsp3) is 0.562. The van der Waals surface area contributed by atoms with Crippen LogP contribution in [-0.4, -0.2) is 32.2 Å². The van der Waals surface area contributed by atoms with Gasteiger partial charge in [0.2, 0.25) is 5.91 Å². The molecule has 0 aromatic heterocycles. The van der Waals surface area contributed by atoms with Gasteiger partial charge in [0.15, 0.2) is 11.5 Å². The van der Waals surface area contributed by atoms with Crippen LogP contribution in [0.2, 0.25) is 0 Å². The molecule has 1 saturated heterocycles. The standard InChI is InChI=1S/C16H23BrN2O3/c1-3-22-15-12(17)8-11(9-14(15)21-2)10-19-13-6-4-5-7-18-16(13)20/h8-9,13,19H,3-7,10H2,1-2H3,(H,18,20). The average Bonchev–Trinajstić information content (AvgIpc) is 2.72. The Hall–Kier alpha value is -1.27. The first kappa shape index (κ1) is 17.1. The summed E-state index contributed by atoms with van der Waals surface area (Å²) in [6, 6.07) is 3.81. The van der Waals surface area contributed by atoms with E-state index in [1.165, 1.54) is 0 Å². The van der Waals surface area contributed by atoms with Crippen LogP contribution < -0.4 is 20.1 Å². The number of amides is 1. The SMILES string of the molecule is CCOc1c(Br)cc(CNC2CCCCNC2=O)cc1OC. The third-order valence-electron chi connectivity index (χ3n) is 3.67. The van der Waals surface area contributed by atoms with Gasteiger partial charge in [-0.2, -0.15) is 0 Å². The lowest BCUT2D eigenvalue weighted by Gasteiger charge is -2.17. The van der Waals surface area contributed by atoms with Crippen molar-refractivity contribution in [2.24, 2.45) is 0 Å². The molecule has 1 atom stereocenters. The Balaban J connectivity index is 2.06. The largest absolute Gasteiger partial charge is 0.493 e. The molecule has 1 fully saturated rings. The summed E-state index contributed by atoms with van der Waals surface area (Å²) in [5.74, 6) is 1.49. The molecule has 1 aliphatic heterocycles. The Labute approximate surface area is 139 Å². The Bertz CT molecular complexity index is 522. The highest BCUT2D eigenvalue weighted by Gasteiger charge is 2.20. The summed E-state index contributed by atoms with van der Waals surface area (Å²) < 4.78 is 11.8. The molecule has 0 bridgehead atoms. The quantitative estimate of drug-likeness (QED) is 0.807. The summed E-state index contributed by atoms with van der Waals surface area (Å²) in [7, 11) is 1.63. The van der Waals surface area contributed by atoms with Crippen LogP contribution >= 0.6 is 15.9 Å². The maximum atomic E-state index is 11.9. The van der Waals surface area contributed by atoms with E-state index in [0.29, 0.717) is 24.7 Å². The van der Waals surface area contributed by atoms with Crippen LogP contribution in [0.4, 0.5) is 0 Å². The Morgan fingerprint density at radius 1 is 1.41 bits per heavy atom. The molecule has 1 heterocycles. The Morgan fingerprint density at radius 2 is 2.23 bits per heavy atom. The van der Waals surface area contributed by atoms with Gasteiger partial charge in [-0.05, 0) is 59.8 Å². The molecular formula is C16H23BrN2O3. The van der Waals surface area contributed by atoms with Crippen molar-refractivity contribution >= 4 is 21.8 Å². The van der Waals surface area contributed by atoms with Gasteiger partial charge in [0.05, 0.1) is 24.2 Å². The van der Waals surface area contributed by atoms with Crippen molar-refractivity contribution in [1.82, 2.24) is 10.6 Å². The first-order valence-corrected chi connectivity index (χ1v) is 8.45. The van der Waals surface area contributed by atoms with Crippen LogP contribution in [0.1, 0.15) is 31.7 Å². The Morgan fingerprint density at radius 3 is 2.95 bits per heavy atom. The zero-order chi connectivity index (χ0) is 15.9. The van der Waals surface area contributed by atoms with Gasteiger partial charge in [0.25, 0.3) is 0 Å². The minimum absolute atomic E-state index is 0.0921. The number of hydrogen-bond donors (Lipinski definition) is 2.